The Morgan fingerprint density at radius 1 is 1.89 bits per heavy atom. The molecule has 0 rings (SSSR count). The van der Waals surface area contributed by atoms with Crippen molar-refractivity contribution in [1.29, 1.82) is 0 Å². The number of nitrogens with one attached hydrogen (secondary N) is 1. The van der Waals surface area contributed by atoms with Crippen LogP contribution in [-0.2, 0) is 4.79 Å². The Balaban J connectivity index is 3.45. The molecule has 1 amide bonds. The number of hydrogen-bond donors (Lipinski definition) is 3. The van der Waals surface area contributed by atoms with Gasteiger partial charge in [0.25, 0.3) is 0 Å². The molecule has 54 valence electrons. The van der Waals surface area contributed by atoms with E-state index in [0.29, 0.717) is 6.42 Å². The lowest BCUT2D eigenvalue weighted by Crippen LogP contribution is -2.35. The van der Waals surface area contributed by atoms with Crippen LogP contribution in [0.1, 0.15) is 13.3 Å². The molecule has 1 atom stereocenters. The van der Waals surface area contributed by atoms with Crippen molar-refractivity contribution in [2.75, 3.05) is 6.61 Å². The predicted octanol–water partition coefficient (Wildman–Crippen LogP) is -1.01. The molecule has 0 radical (unpaired) electrons. The van der Waals surface area contributed by atoms with Crippen LogP contribution in [0, 0.1) is 5.92 Å². The van der Waals surface area contributed by atoms with Crippen LogP contribution < -0.4 is 11.3 Å². The van der Waals surface area contributed by atoms with Gasteiger partial charge in [-0.2, -0.15) is 0 Å². The molecule has 0 aliphatic heterocycles. The van der Waals surface area contributed by atoms with Gasteiger partial charge in [0.2, 0.25) is 5.91 Å². The largest absolute Gasteiger partial charge is 0.396 e. The first kappa shape index (κ1) is 8.39. The van der Waals surface area contributed by atoms with E-state index in [-0.39, 0.29) is 18.4 Å². The number of carbonyl (C=O) groups excluding carboxylic acids is 1. The second kappa shape index (κ2) is 4.29. The number of aliphatic hydroxyl groups is 1. The zero-order valence-electron chi connectivity index (χ0n) is 5.42. The molecular formula is C5H12N2O2. The van der Waals surface area contributed by atoms with E-state index in [4.69, 9.17) is 10.9 Å². The highest BCUT2D eigenvalue weighted by Crippen LogP contribution is 1.98. The van der Waals surface area contributed by atoms with Gasteiger partial charge in [0, 0.05) is 12.5 Å². The van der Waals surface area contributed by atoms with Gasteiger partial charge in [-0.1, -0.05) is 6.92 Å². The Hall–Kier alpha value is -0.610. The number of aliphatic hydroxyl groups excluding tert-OH is 1. The maximum absolute atomic E-state index is 10.6. The molecule has 0 spiro atoms. The predicted molar refractivity (Wildman–Crippen MR) is 33.2 cm³/mol. The number of nitrogens with two attached hydrogens (primary N) is 1. The molecule has 4 N–H and O–H groups in total. The van der Waals surface area contributed by atoms with E-state index >= 15 is 0 Å². The fourth-order valence-electron chi connectivity index (χ4n) is 0.467. The van der Waals surface area contributed by atoms with Gasteiger partial charge in [0.15, 0.2) is 0 Å². The van der Waals surface area contributed by atoms with Crippen LogP contribution in [0.4, 0.5) is 0 Å². The lowest BCUT2D eigenvalue weighted by Gasteiger charge is -2.05. The van der Waals surface area contributed by atoms with Gasteiger partial charge in [0.05, 0.1) is 0 Å². The third-order valence-corrected chi connectivity index (χ3v) is 1.15. The van der Waals surface area contributed by atoms with Crippen LogP contribution in [0.2, 0.25) is 0 Å². The molecule has 0 saturated heterocycles. The average Bonchev–Trinajstić information content (AvgIpc) is 1.87. The minimum Gasteiger partial charge on any atom is -0.396 e. The molecule has 4 heteroatoms. The van der Waals surface area contributed by atoms with Crippen LogP contribution in [0.15, 0.2) is 0 Å². The molecule has 0 aliphatic carbocycles. The summed E-state index contributed by atoms with van der Waals surface area (Å²) in [4.78, 5) is 10.6. The summed E-state index contributed by atoms with van der Waals surface area (Å²) in [5.74, 6) is 4.40. The fourth-order valence-corrected chi connectivity index (χ4v) is 0.467. The van der Waals surface area contributed by atoms with Crippen LogP contribution in [0.3, 0.4) is 0 Å². The van der Waals surface area contributed by atoms with Crippen molar-refractivity contribution in [3.8, 4) is 0 Å². The fraction of sp³-hybridized carbons (Fsp3) is 0.800. The topological polar surface area (TPSA) is 75.3 Å². The second-order valence-electron chi connectivity index (χ2n) is 1.92. The first-order chi connectivity index (χ1) is 4.22. The first-order valence-electron chi connectivity index (χ1n) is 2.83. The molecule has 0 unspecified atom stereocenters. The SMILES string of the molecule is C[C@@H](CCO)C(=O)NN. The van der Waals surface area contributed by atoms with Crippen molar-refractivity contribution < 1.29 is 9.90 Å². The molecule has 0 aliphatic rings. The molecule has 0 aromatic rings. The van der Waals surface area contributed by atoms with Crippen molar-refractivity contribution in [3.05, 3.63) is 0 Å². The molecule has 4 nitrogen and oxygen atoms in total. The lowest BCUT2D eigenvalue weighted by atomic mass is 10.1. The summed E-state index contributed by atoms with van der Waals surface area (Å²) in [5.41, 5.74) is 2.00. The third kappa shape index (κ3) is 3.05. The number of hydrogen-bond acceptors (Lipinski definition) is 3. The van der Waals surface area contributed by atoms with Crippen LogP contribution in [0.25, 0.3) is 0 Å². The molecule has 9 heavy (non-hydrogen) atoms. The van der Waals surface area contributed by atoms with Crippen molar-refractivity contribution in [1.82, 2.24) is 5.43 Å². The van der Waals surface area contributed by atoms with Gasteiger partial charge in [-0.05, 0) is 6.42 Å². The third-order valence-electron chi connectivity index (χ3n) is 1.15. The van der Waals surface area contributed by atoms with Crippen LogP contribution in [0.5, 0.6) is 0 Å². The second-order valence-corrected chi connectivity index (χ2v) is 1.92. The molecule has 0 heterocycles. The summed E-state index contributed by atoms with van der Waals surface area (Å²) < 4.78 is 0. The van der Waals surface area contributed by atoms with E-state index in [2.05, 4.69) is 0 Å². The minimum absolute atomic E-state index is 0.0224. The van der Waals surface area contributed by atoms with E-state index < -0.39 is 0 Å². The van der Waals surface area contributed by atoms with Crippen molar-refractivity contribution >= 4 is 5.91 Å². The van der Waals surface area contributed by atoms with Gasteiger partial charge in [-0.3, -0.25) is 10.2 Å². The van der Waals surface area contributed by atoms with Gasteiger partial charge < -0.3 is 5.11 Å². The Morgan fingerprint density at radius 3 is 2.78 bits per heavy atom. The summed E-state index contributed by atoms with van der Waals surface area (Å²) in [6.45, 7) is 1.73. The van der Waals surface area contributed by atoms with E-state index in [1.165, 1.54) is 0 Å². The smallest absolute Gasteiger partial charge is 0.236 e. The summed E-state index contributed by atoms with van der Waals surface area (Å²) in [6.07, 6.45) is 0.461. The van der Waals surface area contributed by atoms with Crippen molar-refractivity contribution in [2.45, 2.75) is 13.3 Å². The van der Waals surface area contributed by atoms with Crippen LogP contribution in [-0.4, -0.2) is 17.6 Å². The normalized spacial score (nSPS) is 12.8. The quantitative estimate of drug-likeness (QED) is 0.262. The van der Waals surface area contributed by atoms with Gasteiger partial charge >= 0.3 is 0 Å². The summed E-state index contributed by atoms with van der Waals surface area (Å²) in [7, 11) is 0. The first-order valence-corrected chi connectivity index (χ1v) is 2.83. The Labute approximate surface area is 54.0 Å². The van der Waals surface area contributed by atoms with E-state index in [0.717, 1.165) is 0 Å². The monoisotopic (exact) mass is 132 g/mol. The molecule has 0 bridgehead atoms. The zero-order chi connectivity index (χ0) is 7.28. The molecular weight excluding hydrogens is 120 g/mol. The number of carbonyl (C=O) groups is 1. The van der Waals surface area contributed by atoms with E-state index in [1.807, 2.05) is 5.43 Å². The minimum atomic E-state index is -0.232. The summed E-state index contributed by atoms with van der Waals surface area (Å²) >= 11 is 0. The van der Waals surface area contributed by atoms with Gasteiger partial charge in [-0.25, -0.2) is 5.84 Å². The highest BCUT2D eigenvalue weighted by atomic mass is 16.3. The standard InChI is InChI=1S/C5H12N2O2/c1-4(2-3-8)5(9)7-6/h4,8H,2-3,6H2,1H3,(H,7,9)/t4-/m0/s1. The summed E-state index contributed by atoms with van der Waals surface area (Å²) in [5, 5.41) is 8.36. The van der Waals surface area contributed by atoms with E-state index in [9.17, 15) is 4.79 Å². The maximum atomic E-state index is 10.6. The number of rotatable bonds is 3. The molecule has 0 aromatic heterocycles. The van der Waals surface area contributed by atoms with Gasteiger partial charge in [0.1, 0.15) is 0 Å². The zero-order valence-corrected chi connectivity index (χ0v) is 5.42. The Kier molecular flexibility index (Phi) is 4.00. The highest BCUT2D eigenvalue weighted by molar-refractivity contribution is 5.77. The Morgan fingerprint density at radius 2 is 2.44 bits per heavy atom. The van der Waals surface area contributed by atoms with Crippen LogP contribution >= 0.6 is 0 Å². The number of amides is 1. The highest BCUT2D eigenvalue weighted by Gasteiger charge is 2.08. The van der Waals surface area contributed by atoms with Crippen molar-refractivity contribution in [2.24, 2.45) is 11.8 Å². The molecule has 0 fully saturated rings. The maximum Gasteiger partial charge on any atom is 0.236 e. The van der Waals surface area contributed by atoms with E-state index in [1.54, 1.807) is 6.92 Å². The average molecular weight is 132 g/mol. The van der Waals surface area contributed by atoms with Gasteiger partial charge in [-0.15, -0.1) is 0 Å². The lowest BCUT2D eigenvalue weighted by molar-refractivity contribution is -0.125. The molecule has 0 aromatic carbocycles. The number of hydrazine groups is 1. The summed E-state index contributed by atoms with van der Waals surface area (Å²) in [6, 6.07) is 0. The molecule has 0 saturated carbocycles. The van der Waals surface area contributed by atoms with Crippen molar-refractivity contribution in [3.63, 3.8) is 0 Å². The Bertz CT molecular complexity index is 95.0.